The standard InChI is InChI=1S/C25H29N3O3/c1-17-5-4-6-19(13-17)28(2)20-7-8-21-18(10-12-31-24(21)14-20)15-27-23-16-26-11-9-22(23)25(29)30-3/h4-9,11,13-14,16,18,25,27,29H,10,12,15H2,1-3H3/t18-,25?/m0/s1. The Hall–Kier alpha value is -3.09. The SMILES string of the molecule is COC(O)c1ccncc1NC[C@@H]1CCOc2cc(N(C)c3cccc(C)c3)ccc21. The molecule has 0 amide bonds. The van der Waals surface area contributed by atoms with Gasteiger partial charge in [0, 0.05) is 55.8 Å². The maximum atomic E-state index is 10.1. The zero-order valence-corrected chi connectivity index (χ0v) is 18.2. The van der Waals surface area contributed by atoms with E-state index in [1.165, 1.54) is 18.2 Å². The van der Waals surface area contributed by atoms with E-state index in [0.717, 1.165) is 35.8 Å². The van der Waals surface area contributed by atoms with Crippen molar-refractivity contribution in [3.63, 3.8) is 0 Å². The number of hydrogen-bond donors (Lipinski definition) is 2. The number of pyridine rings is 1. The Morgan fingerprint density at radius 2 is 2.06 bits per heavy atom. The maximum Gasteiger partial charge on any atom is 0.182 e. The molecule has 31 heavy (non-hydrogen) atoms. The lowest BCUT2D eigenvalue weighted by Crippen LogP contribution is -2.22. The van der Waals surface area contributed by atoms with Crippen molar-refractivity contribution in [3.05, 3.63) is 77.6 Å². The molecule has 0 spiro atoms. The van der Waals surface area contributed by atoms with E-state index in [0.29, 0.717) is 18.1 Å². The summed E-state index contributed by atoms with van der Waals surface area (Å²) in [5.74, 6) is 1.23. The number of nitrogens with one attached hydrogen (secondary N) is 1. The number of aliphatic hydroxyl groups is 1. The summed E-state index contributed by atoms with van der Waals surface area (Å²) >= 11 is 0. The number of methoxy groups -OCH3 is 1. The van der Waals surface area contributed by atoms with Gasteiger partial charge in [-0.05, 0) is 48.7 Å². The molecule has 6 heteroatoms. The van der Waals surface area contributed by atoms with E-state index in [1.54, 1.807) is 18.5 Å². The molecule has 162 valence electrons. The van der Waals surface area contributed by atoms with Gasteiger partial charge in [0.15, 0.2) is 6.29 Å². The van der Waals surface area contributed by atoms with E-state index < -0.39 is 6.29 Å². The molecule has 6 nitrogen and oxygen atoms in total. The lowest BCUT2D eigenvalue weighted by molar-refractivity contribution is -0.0764. The summed E-state index contributed by atoms with van der Waals surface area (Å²) in [6.07, 6.45) is 3.32. The van der Waals surface area contributed by atoms with E-state index >= 15 is 0 Å². The highest BCUT2D eigenvalue weighted by atomic mass is 16.6. The first-order valence-electron chi connectivity index (χ1n) is 10.5. The summed E-state index contributed by atoms with van der Waals surface area (Å²) in [7, 11) is 3.55. The average molecular weight is 420 g/mol. The molecule has 0 bridgehead atoms. The number of ether oxygens (including phenoxy) is 2. The monoisotopic (exact) mass is 419 g/mol. The van der Waals surface area contributed by atoms with Crippen LogP contribution >= 0.6 is 0 Å². The van der Waals surface area contributed by atoms with Gasteiger partial charge in [-0.15, -0.1) is 0 Å². The van der Waals surface area contributed by atoms with Crippen LogP contribution in [-0.2, 0) is 4.74 Å². The van der Waals surface area contributed by atoms with Crippen LogP contribution in [0.4, 0.5) is 17.1 Å². The second-order valence-corrected chi connectivity index (χ2v) is 7.89. The molecule has 0 fully saturated rings. The van der Waals surface area contributed by atoms with Crippen LogP contribution in [-0.4, -0.2) is 37.4 Å². The molecule has 0 aliphatic carbocycles. The van der Waals surface area contributed by atoms with Gasteiger partial charge in [-0.1, -0.05) is 18.2 Å². The van der Waals surface area contributed by atoms with Crippen molar-refractivity contribution < 1.29 is 14.6 Å². The fourth-order valence-electron chi connectivity index (χ4n) is 3.99. The van der Waals surface area contributed by atoms with E-state index in [-0.39, 0.29) is 0 Å². The zero-order valence-electron chi connectivity index (χ0n) is 18.2. The van der Waals surface area contributed by atoms with E-state index in [2.05, 4.69) is 71.6 Å². The molecule has 4 rings (SSSR count). The Bertz CT molecular complexity index is 1040. The third-order valence-electron chi connectivity index (χ3n) is 5.82. The van der Waals surface area contributed by atoms with Crippen LogP contribution in [0.1, 0.15) is 35.3 Å². The number of aliphatic hydroxyl groups excluding tert-OH is 1. The van der Waals surface area contributed by atoms with Crippen LogP contribution in [0.2, 0.25) is 0 Å². The normalized spacial score (nSPS) is 16.2. The van der Waals surface area contributed by atoms with Crippen LogP contribution in [0, 0.1) is 6.92 Å². The Morgan fingerprint density at radius 3 is 2.87 bits per heavy atom. The largest absolute Gasteiger partial charge is 0.493 e. The van der Waals surface area contributed by atoms with Gasteiger partial charge in [-0.2, -0.15) is 0 Å². The maximum absolute atomic E-state index is 10.1. The van der Waals surface area contributed by atoms with Gasteiger partial charge in [0.25, 0.3) is 0 Å². The highest BCUT2D eigenvalue weighted by Crippen LogP contribution is 2.38. The number of anilines is 3. The van der Waals surface area contributed by atoms with Crippen LogP contribution in [0.5, 0.6) is 5.75 Å². The molecule has 3 aromatic rings. The van der Waals surface area contributed by atoms with Crippen molar-refractivity contribution in [2.45, 2.75) is 25.6 Å². The third-order valence-corrected chi connectivity index (χ3v) is 5.82. The van der Waals surface area contributed by atoms with Gasteiger partial charge in [0.05, 0.1) is 18.5 Å². The highest BCUT2D eigenvalue weighted by Gasteiger charge is 2.23. The summed E-state index contributed by atoms with van der Waals surface area (Å²) in [6, 6.07) is 16.7. The molecule has 0 saturated heterocycles. The molecule has 2 N–H and O–H groups in total. The van der Waals surface area contributed by atoms with Crippen LogP contribution in [0.3, 0.4) is 0 Å². The number of nitrogens with zero attached hydrogens (tertiary/aromatic N) is 2. The molecule has 2 heterocycles. The number of hydrogen-bond acceptors (Lipinski definition) is 6. The van der Waals surface area contributed by atoms with Crippen molar-refractivity contribution in [3.8, 4) is 5.75 Å². The number of benzene rings is 2. The molecule has 0 radical (unpaired) electrons. The molecule has 2 atom stereocenters. The van der Waals surface area contributed by atoms with E-state index in [4.69, 9.17) is 9.47 Å². The van der Waals surface area contributed by atoms with Gasteiger partial charge in [-0.3, -0.25) is 4.98 Å². The molecule has 1 unspecified atom stereocenters. The molecule has 1 aliphatic rings. The molecular weight excluding hydrogens is 390 g/mol. The van der Waals surface area contributed by atoms with E-state index in [9.17, 15) is 5.11 Å². The van der Waals surface area contributed by atoms with Crippen LogP contribution in [0.25, 0.3) is 0 Å². The fraction of sp³-hybridized carbons (Fsp3) is 0.320. The zero-order chi connectivity index (χ0) is 21.8. The quantitative estimate of drug-likeness (QED) is 0.538. The summed E-state index contributed by atoms with van der Waals surface area (Å²) in [5.41, 5.74) is 6.13. The molecular formula is C25H29N3O3. The minimum Gasteiger partial charge on any atom is -0.493 e. The first kappa shape index (κ1) is 21.2. The summed E-state index contributed by atoms with van der Waals surface area (Å²) < 4.78 is 11.1. The Kier molecular flexibility index (Phi) is 6.39. The Labute approximate surface area is 183 Å². The van der Waals surface area contributed by atoms with Crippen molar-refractivity contribution >= 4 is 17.1 Å². The molecule has 1 aliphatic heterocycles. The second-order valence-electron chi connectivity index (χ2n) is 7.89. The fourth-order valence-corrected chi connectivity index (χ4v) is 3.99. The number of fused-ring (bicyclic) bond motifs is 1. The van der Waals surface area contributed by atoms with Gasteiger partial charge in [0.1, 0.15) is 5.75 Å². The first-order valence-corrected chi connectivity index (χ1v) is 10.5. The van der Waals surface area contributed by atoms with Crippen LogP contribution < -0.4 is 15.0 Å². The van der Waals surface area contributed by atoms with Crippen molar-refractivity contribution in [1.29, 1.82) is 0 Å². The van der Waals surface area contributed by atoms with Crippen molar-refractivity contribution in [2.24, 2.45) is 0 Å². The lowest BCUT2D eigenvalue weighted by Gasteiger charge is -2.29. The minimum atomic E-state index is -0.979. The van der Waals surface area contributed by atoms with Gasteiger partial charge in [0.2, 0.25) is 0 Å². The first-order chi connectivity index (χ1) is 15.1. The molecule has 1 aromatic heterocycles. The Morgan fingerprint density at radius 1 is 1.23 bits per heavy atom. The number of aromatic nitrogens is 1. The van der Waals surface area contributed by atoms with E-state index in [1.807, 2.05) is 0 Å². The predicted octanol–water partition coefficient (Wildman–Crippen LogP) is 4.77. The minimum absolute atomic E-state index is 0.301. The van der Waals surface area contributed by atoms with Gasteiger partial charge < -0.3 is 24.8 Å². The summed E-state index contributed by atoms with van der Waals surface area (Å²) in [6.45, 7) is 3.50. The lowest BCUT2D eigenvalue weighted by atomic mass is 9.92. The topological polar surface area (TPSA) is 66.8 Å². The van der Waals surface area contributed by atoms with Crippen molar-refractivity contribution in [1.82, 2.24) is 4.98 Å². The second kappa shape index (κ2) is 9.37. The Balaban J connectivity index is 1.52. The van der Waals surface area contributed by atoms with Crippen molar-refractivity contribution in [2.75, 3.05) is 37.5 Å². The number of rotatable bonds is 7. The smallest absolute Gasteiger partial charge is 0.182 e. The van der Waals surface area contributed by atoms with Gasteiger partial charge >= 0.3 is 0 Å². The summed E-state index contributed by atoms with van der Waals surface area (Å²) in [5, 5.41) is 13.5. The number of aryl methyl sites for hydroxylation is 1. The third kappa shape index (κ3) is 4.65. The highest BCUT2D eigenvalue weighted by molar-refractivity contribution is 5.66. The molecule has 2 aromatic carbocycles. The predicted molar refractivity (Wildman–Crippen MR) is 123 cm³/mol. The van der Waals surface area contributed by atoms with Crippen LogP contribution in [0.15, 0.2) is 60.9 Å². The van der Waals surface area contributed by atoms with Gasteiger partial charge in [-0.25, -0.2) is 0 Å². The average Bonchev–Trinajstić information content (AvgIpc) is 2.81. The molecule has 0 saturated carbocycles. The summed E-state index contributed by atoms with van der Waals surface area (Å²) in [4.78, 5) is 6.35.